The maximum Gasteiger partial charge on any atom is 0.257 e. The summed E-state index contributed by atoms with van der Waals surface area (Å²) in [6, 6.07) is 19.9. The molecule has 1 aliphatic heterocycles. The largest absolute Gasteiger partial charge is 0.321 e. The molecule has 0 saturated carbocycles. The first-order valence-electron chi connectivity index (χ1n) is 12.3. The van der Waals surface area contributed by atoms with Crippen LogP contribution in [0.2, 0.25) is 0 Å². The Morgan fingerprint density at radius 2 is 1.70 bits per heavy atom. The number of carbonyl (C=O) groups excluding carboxylic acids is 3. The number of benzene rings is 3. The van der Waals surface area contributed by atoms with Gasteiger partial charge in [0.15, 0.2) is 0 Å². The smallest absolute Gasteiger partial charge is 0.257 e. The van der Waals surface area contributed by atoms with Gasteiger partial charge in [-0.15, -0.1) is 11.3 Å². The van der Waals surface area contributed by atoms with E-state index in [1.165, 1.54) is 10.5 Å². The lowest BCUT2D eigenvalue weighted by Crippen LogP contribution is -2.54. The summed E-state index contributed by atoms with van der Waals surface area (Å²) in [6.07, 6.45) is -0.0489. The van der Waals surface area contributed by atoms with Crippen molar-refractivity contribution in [2.75, 3.05) is 4.90 Å². The molecular weight excluding hydrogens is 482 g/mol. The van der Waals surface area contributed by atoms with E-state index in [2.05, 4.69) is 13.0 Å². The summed E-state index contributed by atoms with van der Waals surface area (Å²) in [7, 11) is 0. The number of carbonyl (C=O) groups is 3. The van der Waals surface area contributed by atoms with Crippen LogP contribution in [0, 0.1) is 13.8 Å². The molecular formula is C30H29N3O3S. The van der Waals surface area contributed by atoms with Crippen molar-refractivity contribution in [2.24, 2.45) is 0 Å². The van der Waals surface area contributed by atoms with Crippen LogP contribution >= 0.6 is 11.3 Å². The molecule has 1 aliphatic rings. The van der Waals surface area contributed by atoms with Crippen LogP contribution in [0.5, 0.6) is 0 Å². The number of aromatic nitrogens is 1. The van der Waals surface area contributed by atoms with Crippen molar-refractivity contribution >= 4 is 45.0 Å². The van der Waals surface area contributed by atoms with E-state index in [-0.39, 0.29) is 24.1 Å². The third-order valence-corrected chi connectivity index (χ3v) is 7.74. The number of hydrogen-bond acceptors (Lipinski definition) is 5. The second-order valence-corrected chi connectivity index (χ2v) is 11.5. The molecule has 37 heavy (non-hydrogen) atoms. The number of nitrogens with zero attached hydrogens (tertiary/aromatic N) is 3. The molecule has 3 amide bonds. The zero-order valence-electron chi connectivity index (χ0n) is 21.6. The molecule has 0 radical (unpaired) electrons. The zero-order valence-corrected chi connectivity index (χ0v) is 22.4. The number of imide groups is 1. The predicted molar refractivity (Wildman–Crippen MR) is 148 cm³/mol. The Labute approximate surface area is 220 Å². The molecule has 3 aromatic carbocycles. The minimum atomic E-state index is -0.869. The molecule has 0 spiro atoms. The fraction of sp³-hybridized carbons (Fsp3) is 0.267. The summed E-state index contributed by atoms with van der Waals surface area (Å²) in [5, 5.41) is 0.881. The van der Waals surface area contributed by atoms with Gasteiger partial charge in [-0.05, 0) is 88.2 Å². The minimum Gasteiger partial charge on any atom is -0.321 e. The molecule has 1 unspecified atom stereocenters. The van der Waals surface area contributed by atoms with E-state index >= 15 is 0 Å². The van der Waals surface area contributed by atoms with E-state index in [9.17, 15) is 14.4 Å². The third kappa shape index (κ3) is 4.55. The van der Waals surface area contributed by atoms with Crippen molar-refractivity contribution in [1.82, 2.24) is 9.88 Å². The first-order valence-corrected chi connectivity index (χ1v) is 13.1. The molecule has 5 rings (SSSR count). The number of amides is 3. The van der Waals surface area contributed by atoms with Crippen molar-refractivity contribution in [3.05, 3.63) is 83.4 Å². The average molecular weight is 512 g/mol. The van der Waals surface area contributed by atoms with Crippen LogP contribution in [0.4, 0.5) is 5.69 Å². The fourth-order valence-corrected chi connectivity index (χ4v) is 5.92. The number of thiazole rings is 1. The lowest BCUT2D eigenvalue weighted by Gasteiger charge is -2.39. The summed E-state index contributed by atoms with van der Waals surface area (Å²) in [5.41, 5.74) is 4.25. The Bertz CT molecular complexity index is 1530. The lowest BCUT2D eigenvalue weighted by atomic mass is 9.98. The standard InChI is InChI=1S/C30H29N3O3S/c1-18-10-15-23-25(16-18)37-27(31-23)20-11-13-21(14-12-20)32-26(34)17-24(29(32)36)33(30(3,4)5)28(35)22-9-7-6-8-19(22)2/h6-16,24H,17H2,1-5H3. The van der Waals surface area contributed by atoms with Gasteiger partial charge in [0, 0.05) is 16.7 Å². The van der Waals surface area contributed by atoms with Crippen LogP contribution in [0.25, 0.3) is 20.8 Å². The highest BCUT2D eigenvalue weighted by molar-refractivity contribution is 7.21. The summed E-state index contributed by atoms with van der Waals surface area (Å²) in [6.45, 7) is 9.59. The second kappa shape index (κ2) is 9.23. The SMILES string of the molecule is Cc1ccc2nc(-c3ccc(N4C(=O)CC(N(C(=O)c5ccccc5C)C(C)(C)C)C4=O)cc3)sc2c1. The van der Waals surface area contributed by atoms with Gasteiger partial charge in [0.25, 0.3) is 11.8 Å². The van der Waals surface area contributed by atoms with Gasteiger partial charge in [-0.2, -0.15) is 0 Å². The molecule has 0 aliphatic carbocycles. The number of aryl methyl sites for hydroxylation is 2. The van der Waals surface area contributed by atoms with Gasteiger partial charge in [-0.3, -0.25) is 14.4 Å². The van der Waals surface area contributed by atoms with Crippen LogP contribution in [0.3, 0.4) is 0 Å². The van der Waals surface area contributed by atoms with Gasteiger partial charge in [0.1, 0.15) is 11.0 Å². The number of anilines is 1. The topological polar surface area (TPSA) is 70.6 Å². The lowest BCUT2D eigenvalue weighted by molar-refractivity contribution is -0.123. The predicted octanol–water partition coefficient (Wildman–Crippen LogP) is 6.15. The molecule has 2 heterocycles. The molecule has 188 valence electrons. The van der Waals surface area contributed by atoms with Crippen LogP contribution < -0.4 is 4.90 Å². The van der Waals surface area contributed by atoms with E-state index in [4.69, 9.17) is 4.98 Å². The third-order valence-electron chi connectivity index (χ3n) is 6.67. The Morgan fingerprint density at radius 3 is 2.38 bits per heavy atom. The van der Waals surface area contributed by atoms with Gasteiger partial charge < -0.3 is 4.90 Å². The monoisotopic (exact) mass is 511 g/mol. The molecule has 1 atom stereocenters. The zero-order chi connectivity index (χ0) is 26.5. The molecule has 7 heteroatoms. The number of hydrogen-bond donors (Lipinski definition) is 0. The molecule has 4 aromatic rings. The van der Waals surface area contributed by atoms with Crippen LogP contribution in [-0.2, 0) is 9.59 Å². The summed E-state index contributed by atoms with van der Waals surface area (Å²) >= 11 is 1.61. The quantitative estimate of drug-likeness (QED) is 0.308. The first kappa shape index (κ1) is 24.8. The molecule has 0 N–H and O–H groups in total. The summed E-state index contributed by atoms with van der Waals surface area (Å²) < 4.78 is 1.12. The average Bonchev–Trinajstić information content (AvgIpc) is 3.38. The van der Waals surface area contributed by atoms with E-state index in [0.717, 1.165) is 26.4 Å². The highest BCUT2D eigenvalue weighted by Gasteiger charge is 2.47. The number of fused-ring (bicyclic) bond motifs is 1. The first-order chi connectivity index (χ1) is 17.5. The normalized spacial score (nSPS) is 16.0. The van der Waals surface area contributed by atoms with Gasteiger partial charge in [0.2, 0.25) is 5.91 Å². The van der Waals surface area contributed by atoms with Crippen molar-refractivity contribution in [3.8, 4) is 10.6 Å². The van der Waals surface area contributed by atoms with Crippen molar-refractivity contribution in [1.29, 1.82) is 0 Å². The molecule has 1 fully saturated rings. The maximum absolute atomic E-state index is 13.6. The van der Waals surface area contributed by atoms with Crippen LogP contribution in [0.15, 0.2) is 66.7 Å². The van der Waals surface area contributed by atoms with Crippen molar-refractivity contribution in [3.63, 3.8) is 0 Å². The summed E-state index contributed by atoms with van der Waals surface area (Å²) in [5.74, 6) is -0.949. The minimum absolute atomic E-state index is 0.0489. The number of rotatable bonds is 4. The van der Waals surface area contributed by atoms with E-state index < -0.39 is 11.6 Å². The van der Waals surface area contributed by atoms with Crippen molar-refractivity contribution in [2.45, 2.75) is 52.6 Å². The Hall–Kier alpha value is -3.84. The van der Waals surface area contributed by atoms with Gasteiger partial charge >= 0.3 is 0 Å². The second-order valence-electron chi connectivity index (χ2n) is 10.5. The van der Waals surface area contributed by atoms with Gasteiger partial charge in [-0.25, -0.2) is 9.88 Å². The molecule has 0 bridgehead atoms. The molecule has 1 aromatic heterocycles. The van der Waals surface area contributed by atoms with E-state index in [1.807, 2.05) is 70.2 Å². The van der Waals surface area contributed by atoms with Gasteiger partial charge in [-0.1, -0.05) is 24.3 Å². The van der Waals surface area contributed by atoms with Crippen molar-refractivity contribution < 1.29 is 14.4 Å². The van der Waals surface area contributed by atoms with Crippen LogP contribution in [-0.4, -0.2) is 39.2 Å². The summed E-state index contributed by atoms with van der Waals surface area (Å²) in [4.78, 5) is 47.9. The highest BCUT2D eigenvalue weighted by atomic mass is 32.1. The highest BCUT2D eigenvalue weighted by Crippen LogP contribution is 2.34. The Balaban J connectivity index is 1.43. The maximum atomic E-state index is 13.6. The van der Waals surface area contributed by atoms with Crippen LogP contribution in [0.1, 0.15) is 48.7 Å². The molecule has 6 nitrogen and oxygen atoms in total. The fourth-order valence-electron chi connectivity index (χ4n) is 4.85. The van der Waals surface area contributed by atoms with E-state index in [0.29, 0.717) is 11.3 Å². The Morgan fingerprint density at radius 1 is 1.00 bits per heavy atom. The molecule has 1 saturated heterocycles. The van der Waals surface area contributed by atoms with E-state index in [1.54, 1.807) is 34.4 Å². The Kier molecular flexibility index (Phi) is 6.20. The van der Waals surface area contributed by atoms with Gasteiger partial charge in [0.05, 0.1) is 22.3 Å².